The van der Waals surface area contributed by atoms with Gasteiger partial charge in [-0.2, -0.15) is 0 Å². The lowest BCUT2D eigenvalue weighted by atomic mass is 10.2. The third-order valence-electron chi connectivity index (χ3n) is 2.98. The van der Waals surface area contributed by atoms with Crippen LogP contribution in [-0.4, -0.2) is 12.9 Å². The molecule has 0 fully saturated rings. The number of rotatable bonds is 6. The summed E-state index contributed by atoms with van der Waals surface area (Å²) >= 11 is 1.87. The molecular formula is C16H19NOS. The van der Waals surface area contributed by atoms with E-state index in [0.29, 0.717) is 6.54 Å². The van der Waals surface area contributed by atoms with E-state index in [0.717, 1.165) is 17.9 Å². The van der Waals surface area contributed by atoms with Crippen LogP contribution >= 0.6 is 11.8 Å². The maximum absolute atomic E-state index is 5.58. The second kappa shape index (κ2) is 7.22. The highest BCUT2D eigenvalue weighted by Crippen LogP contribution is 2.20. The Morgan fingerprint density at radius 1 is 0.947 bits per heavy atom. The molecule has 2 N–H and O–H groups in total. The van der Waals surface area contributed by atoms with Crippen molar-refractivity contribution in [3.8, 4) is 5.75 Å². The minimum atomic E-state index is 0.608. The summed E-state index contributed by atoms with van der Waals surface area (Å²) in [6.07, 6.45) is 1.06. The number of benzene rings is 2. The van der Waals surface area contributed by atoms with Gasteiger partial charge in [-0.25, -0.2) is 0 Å². The van der Waals surface area contributed by atoms with Crippen LogP contribution in [-0.2, 0) is 13.0 Å². The summed E-state index contributed by atoms with van der Waals surface area (Å²) in [4.78, 5) is 1.30. The number of ether oxygens (including phenoxy) is 1. The molecule has 0 saturated carbocycles. The van der Waals surface area contributed by atoms with Gasteiger partial charge in [-0.05, 0) is 41.8 Å². The lowest BCUT2D eigenvalue weighted by molar-refractivity contribution is 0.414. The average Bonchev–Trinajstić information content (AvgIpc) is 2.49. The summed E-state index contributed by atoms with van der Waals surface area (Å²) in [5.41, 5.74) is 8.10. The van der Waals surface area contributed by atoms with E-state index >= 15 is 0 Å². The fourth-order valence-corrected chi connectivity index (χ4v) is 2.70. The molecule has 2 nitrogen and oxygen atoms in total. The van der Waals surface area contributed by atoms with Gasteiger partial charge in [0, 0.05) is 17.2 Å². The minimum absolute atomic E-state index is 0.608. The number of aryl methyl sites for hydroxylation is 1. The van der Waals surface area contributed by atoms with E-state index in [9.17, 15) is 0 Å². The Balaban J connectivity index is 1.81. The van der Waals surface area contributed by atoms with Crippen molar-refractivity contribution in [2.24, 2.45) is 5.73 Å². The molecule has 0 amide bonds. The van der Waals surface area contributed by atoms with Crippen molar-refractivity contribution in [3.63, 3.8) is 0 Å². The Morgan fingerprint density at radius 2 is 1.58 bits per heavy atom. The van der Waals surface area contributed by atoms with Gasteiger partial charge in [0.1, 0.15) is 5.75 Å². The summed E-state index contributed by atoms with van der Waals surface area (Å²) in [6, 6.07) is 16.7. The average molecular weight is 273 g/mol. The van der Waals surface area contributed by atoms with E-state index in [1.807, 2.05) is 23.9 Å². The monoisotopic (exact) mass is 273 g/mol. The van der Waals surface area contributed by atoms with Crippen molar-refractivity contribution in [1.82, 2.24) is 0 Å². The van der Waals surface area contributed by atoms with Gasteiger partial charge in [0.15, 0.2) is 0 Å². The van der Waals surface area contributed by atoms with Crippen LogP contribution < -0.4 is 10.5 Å². The van der Waals surface area contributed by atoms with Crippen molar-refractivity contribution >= 4 is 11.8 Å². The molecule has 0 saturated heterocycles. The van der Waals surface area contributed by atoms with E-state index < -0.39 is 0 Å². The van der Waals surface area contributed by atoms with E-state index in [4.69, 9.17) is 10.5 Å². The molecular weight excluding hydrogens is 254 g/mol. The highest BCUT2D eigenvalue weighted by molar-refractivity contribution is 7.99. The minimum Gasteiger partial charge on any atom is -0.497 e. The summed E-state index contributed by atoms with van der Waals surface area (Å²) in [5, 5.41) is 0. The number of hydrogen-bond donors (Lipinski definition) is 1. The Bertz CT molecular complexity index is 446. The molecule has 0 heterocycles. The number of nitrogens with two attached hydrogens (primary N) is 1. The molecule has 19 heavy (non-hydrogen) atoms. The maximum atomic E-state index is 5.58. The molecule has 0 atom stereocenters. The zero-order valence-electron chi connectivity index (χ0n) is 11.1. The molecule has 0 bridgehead atoms. The normalized spacial score (nSPS) is 10.4. The Labute approximate surface area is 119 Å². The largest absolute Gasteiger partial charge is 0.497 e. The van der Waals surface area contributed by atoms with Gasteiger partial charge in [0.2, 0.25) is 0 Å². The molecule has 0 spiro atoms. The highest BCUT2D eigenvalue weighted by atomic mass is 32.2. The van der Waals surface area contributed by atoms with Gasteiger partial charge in [0.25, 0.3) is 0 Å². The van der Waals surface area contributed by atoms with E-state index in [1.165, 1.54) is 16.0 Å². The third-order valence-corrected chi connectivity index (χ3v) is 3.99. The smallest absolute Gasteiger partial charge is 0.118 e. The molecule has 2 rings (SSSR count). The standard InChI is InChI=1S/C16H19NOS/c1-18-15-6-2-13(3-7-15)10-11-19-16-8-4-14(12-17)5-9-16/h2-9H,10-12,17H2,1H3. The number of hydrogen-bond acceptors (Lipinski definition) is 3. The van der Waals surface area contributed by atoms with Crippen LogP contribution in [0.15, 0.2) is 53.4 Å². The predicted octanol–water partition coefficient (Wildman–Crippen LogP) is 3.49. The van der Waals surface area contributed by atoms with Crippen LogP contribution in [0.3, 0.4) is 0 Å². The van der Waals surface area contributed by atoms with Gasteiger partial charge in [-0.1, -0.05) is 24.3 Å². The van der Waals surface area contributed by atoms with Crippen LogP contribution in [0.25, 0.3) is 0 Å². The van der Waals surface area contributed by atoms with Crippen LogP contribution in [0, 0.1) is 0 Å². The van der Waals surface area contributed by atoms with Crippen molar-refractivity contribution in [2.45, 2.75) is 17.9 Å². The zero-order valence-corrected chi connectivity index (χ0v) is 12.0. The second-order valence-electron chi connectivity index (χ2n) is 4.29. The first-order chi connectivity index (χ1) is 9.31. The zero-order chi connectivity index (χ0) is 13.5. The summed E-state index contributed by atoms with van der Waals surface area (Å²) in [6.45, 7) is 0.608. The molecule has 0 unspecified atom stereocenters. The summed E-state index contributed by atoms with van der Waals surface area (Å²) in [7, 11) is 1.69. The lowest BCUT2D eigenvalue weighted by Crippen LogP contribution is -1.95. The first kappa shape index (κ1) is 14.0. The van der Waals surface area contributed by atoms with E-state index in [1.54, 1.807) is 7.11 Å². The van der Waals surface area contributed by atoms with E-state index in [-0.39, 0.29) is 0 Å². The van der Waals surface area contributed by atoms with Gasteiger partial charge in [-0.3, -0.25) is 0 Å². The quantitative estimate of drug-likeness (QED) is 0.818. The van der Waals surface area contributed by atoms with Crippen LogP contribution in [0.1, 0.15) is 11.1 Å². The Morgan fingerprint density at radius 3 is 2.16 bits per heavy atom. The fourth-order valence-electron chi connectivity index (χ4n) is 1.80. The molecule has 2 aromatic carbocycles. The summed E-state index contributed by atoms with van der Waals surface area (Å²) < 4.78 is 5.15. The Kier molecular flexibility index (Phi) is 5.31. The maximum Gasteiger partial charge on any atom is 0.118 e. The van der Waals surface area contributed by atoms with Crippen molar-refractivity contribution in [3.05, 3.63) is 59.7 Å². The third kappa shape index (κ3) is 4.30. The molecule has 100 valence electrons. The first-order valence-electron chi connectivity index (χ1n) is 6.36. The number of thioether (sulfide) groups is 1. The van der Waals surface area contributed by atoms with Crippen LogP contribution in [0.4, 0.5) is 0 Å². The predicted molar refractivity (Wildman–Crippen MR) is 81.8 cm³/mol. The molecule has 0 radical (unpaired) electrons. The highest BCUT2D eigenvalue weighted by Gasteiger charge is 1.97. The molecule has 2 aromatic rings. The summed E-state index contributed by atoms with van der Waals surface area (Å²) in [5.74, 6) is 1.99. The van der Waals surface area contributed by atoms with Crippen molar-refractivity contribution in [1.29, 1.82) is 0 Å². The first-order valence-corrected chi connectivity index (χ1v) is 7.35. The van der Waals surface area contributed by atoms with Crippen molar-refractivity contribution < 1.29 is 4.74 Å². The molecule has 3 heteroatoms. The molecule has 0 aliphatic rings. The molecule has 0 aromatic heterocycles. The van der Waals surface area contributed by atoms with Gasteiger partial charge >= 0.3 is 0 Å². The van der Waals surface area contributed by atoms with E-state index in [2.05, 4.69) is 36.4 Å². The van der Waals surface area contributed by atoms with Crippen LogP contribution in [0.5, 0.6) is 5.75 Å². The van der Waals surface area contributed by atoms with Gasteiger partial charge in [0.05, 0.1) is 7.11 Å². The van der Waals surface area contributed by atoms with Gasteiger partial charge in [-0.15, -0.1) is 11.8 Å². The topological polar surface area (TPSA) is 35.2 Å². The lowest BCUT2D eigenvalue weighted by Gasteiger charge is -2.04. The number of methoxy groups -OCH3 is 1. The SMILES string of the molecule is COc1ccc(CCSc2ccc(CN)cc2)cc1. The molecule has 0 aliphatic carbocycles. The van der Waals surface area contributed by atoms with Gasteiger partial charge < -0.3 is 10.5 Å². The fraction of sp³-hybridized carbons (Fsp3) is 0.250. The molecule has 0 aliphatic heterocycles. The second-order valence-corrected chi connectivity index (χ2v) is 5.46. The Hall–Kier alpha value is -1.45. The van der Waals surface area contributed by atoms with Crippen molar-refractivity contribution in [2.75, 3.05) is 12.9 Å². The van der Waals surface area contributed by atoms with Crippen LogP contribution in [0.2, 0.25) is 0 Å².